The highest BCUT2D eigenvalue weighted by Gasteiger charge is 2.18. The van der Waals surface area contributed by atoms with Gasteiger partial charge in [-0.2, -0.15) is 9.78 Å². The maximum absolute atomic E-state index is 11.4. The van der Waals surface area contributed by atoms with Crippen LogP contribution in [0, 0.1) is 0 Å². The van der Waals surface area contributed by atoms with E-state index in [1.54, 1.807) is 6.92 Å². The molecule has 0 spiro atoms. The summed E-state index contributed by atoms with van der Waals surface area (Å²) in [5.74, 6) is -0.849. The molecule has 0 aromatic carbocycles. The normalized spacial score (nSPS) is 10.1. The Kier molecular flexibility index (Phi) is 4.02. The minimum Gasteiger partial charge on any atom is -0.461 e. The first-order chi connectivity index (χ1) is 7.10. The second-order valence-electron chi connectivity index (χ2n) is 2.81. The molecule has 15 heavy (non-hydrogen) atoms. The summed E-state index contributed by atoms with van der Waals surface area (Å²) in [6, 6.07) is 1.54. The molecule has 0 fully saturated rings. The Morgan fingerprint density at radius 2 is 2.27 bits per heavy atom. The van der Waals surface area contributed by atoms with E-state index in [0.717, 1.165) is 4.68 Å². The largest absolute Gasteiger partial charge is 0.461 e. The van der Waals surface area contributed by atoms with E-state index >= 15 is 0 Å². The van der Waals surface area contributed by atoms with Gasteiger partial charge < -0.3 is 4.74 Å². The average Bonchev–Trinajstić information content (AvgIpc) is 2.61. The molecule has 0 amide bonds. The number of ether oxygens (including phenoxy) is 1. The van der Waals surface area contributed by atoms with Gasteiger partial charge in [0.25, 0.3) is 0 Å². The smallest absolute Gasteiger partial charge is 0.357 e. The summed E-state index contributed by atoms with van der Waals surface area (Å²) in [7, 11) is 0. The summed E-state index contributed by atoms with van der Waals surface area (Å²) in [6.45, 7) is 3.32. The zero-order chi connectivity index (χ0) is 11.4. The van der Waals surface area contributed by atoms with E-state index in [9.17, 15) is 9.59 Å². The SMILES string of the molecule is CCOC(=O)c1cc(CBr)nn1C(C)=O. The molecule has 0 aliphatic rings. The predicted octanol–water partition coefficient (Wildman–Crippen LogP) is 1.61. The lowest BCUT2D eigenvalue weighted by molar-refractivity contribution is 0.0506. The molecule has 0 bridgehead atoms. The Morgan fingerprint density at radius 1 is 1.60 bits per heavy atom. The van der Waals surface area contributed by atoms with Crippen molar-refractivity contribution >= 4 is 27.8 Å². The third-order valence-corrected chi connectivity index (χ3v) is 2.25. The van der Waals surface area contributed by atoms with E-state index in [1.807, 2.05) is 0 Å². The Labute approximate surface area is 95.5 Å². The number of carbonyl (C=O) groups excluding carboxylic acids is 2. The van der Waals surface area contributed by atoms with E-state index in [-0.39, 0.29) is 18.2 Å². The van der Waals surface area contributed by atoms with Crippen molar-refractivity contribution in [3.8, 4) is 0 Å². The third kappa shape index (κ3) is 2.65. The third-order valence-electron chi connectivity index (χ3n) is 1.68. The molecule has 0 saturated carbocycles. The van der Waals surface area contributed by atoms with Crippen molar-refractivity contribution < 1.29 is 14.3 Å². The van der Waals surface area contributed by atoms with Gasteiger partial charge in [0, 0.05) is 12.3 Å². The summed E-state index contributed by atoms with van der Waals surface area (Å²) in [6.07, 6.45) is 0. The van der Waals surface area contributed by atoms with Crippen molar-refractivity contribution in [2.45, 2.75) is 19.2 Å². The fraction of sp³-hybridized carbons (Fsp3) is 0.444. The van der Waals surface area contributed by atoms with Crippen molar-refractivity contribution in [1.82, 2.24) is 9.78 Å². The van der Waals surface area contributed by atoms with Crippen LogP contribution in [0.25, 0.3) is 0 Å². The lowest BCUT2D eigenvalue weighted by Gasteiger charge is -2.01. The molecule has 1 aromatic heterocycles. The zero-order valence-electron chi connectivity index (χ0n) is 8.49. The molecule has 0 radical (unpaired) electrons. The molecule has 1 aromatic rings. The van der Waals surface area contributed by atoms with Crippen LogP contribution in [0.15, 0.2) is 6.07 Å². The molecule has 1 rings (SSSR count). The molecule has 0 atom stereocenters. The lowest BCUT2D eigenvalue weighted by Crippen LogP contribution is -2.17. The van der Waals surface area contributed by atoms with Gasteiger partial charge in [0.15, 0.2) is 5.69 Å². The Bertz CT molecular complexity index is 387. The highest BCUT2D eigenvalue weighted by atomic mass is 79.9. The standard InChI is InChI=1S/C9H11BrN2O3/c1-3-15-9(14)8-4-7(5-10)11-12(8)6(2)13/h4H,3,5H2,1-2H3. The molecule has 6 heteroatoms. The molecule has 0 unspecified atom stereocenters. The topological polar surface area (TPSA) is 61.2 Å². The molecular formula is C9H11BrN2O3. The second-order valence-corrected chi connectivity index (χ2v) is 3.37. The van der Waals surface area contributed by atoms with Crippen LogP contribution in [-0.4, -0.2) is 28.3 Å². The van der Waals surface area contributed by atoms with E-state index in [4.69, 9.17) is 4.74 Å². The van der Waals surface area contributed by atoms with Crippen LogP contribution in [0.2, 0.25) is 0 Å². The van der Waals surface area contributed by atoms with E-state index in [1.165, 1.54) is 13.0 Å². The van der Waals surface area contributed by atoms with Crippen LogP contribution in [0.1, 0.15) is 34.8 Å². The first-order valence-electron chi connectivity index (χ1n) is 4.43. The molecule has 5 nitrogen and oxygen atoms in total. The van der Waals surface area contributed by atoms with E-state index in [2.05, 4.69) is 21.0 Å². The number of hydrogen-bond donors (Lipinski definition) is 0. The highest BCUT2D eigenvalue weighted by molar-refractivity contribution is 9.08. The van der Waals surface area contributed by atoms with Crippen molar-refractivity contribution in [3.63, 3.8) is 0 Å². The van der Waals surface area contributed by atoms with Crippen LogP contribution in [-0.2, 0) is 10.1 Å². The first kappa shape index (κ1) is 11.9. The molecule has 82 valence electrons. The number of esters is 1. The van der Waals surface area contributed by atoms with Crippen LogP contribution in [0.3, 0.4) is 0 Å². The molecule has 0 aliphatic carbocycles. The average molecular weight is 275 g/mol. The fourth-order valence-corrected chi connectivity index (χ4v) is 1.36. The van der Waals surface area contributed by atoms with E-state index in [0.29, 0.717) is 11.0 Å². The van der Waals surface area contributed by atoms with Gasteiger partial charge in [0.2, 0.25) is 5.91 Å². The second kappa shape index (κ2) is 5.06. The maximum atomic E-state index is 11.4. The Morgan fingerprint density at radius 3 is 2.73 bits per heavy atom. The minimum atomic E-state index is -0.535. The van der Waals surface area contributed by atoms with Crippen molar-refractivity contribution in [2.75, 3.05) is 6.61 Å². The van der Waals surface area contributed by atoms with Crippen LogP contribution in [0.5, 0.6) is 0 Å². The summed E-state index contributed by atoms with van der Waals surface area (Å²) < 4.78 is 5.86. The number of rotatable bonds is 3. The summed E-state index contributed by atoms with van der Waals surface area (Å²) >= 11 is 3.20. The van der Waals surface area contributed by atoms with Gasteiger partial charge in [-0.1, -0.05) is 15.9 Å². The van der Waals surface area contributed by atoms with Gasteiger partial charge in [-0.25, -0.2) is 4.79 Å². The predicted molar refractivity (Wildman–Crippen MR) is 57.1 cm³/mol. The summed E-state index contributed by atoms with van der Waals surface area (Å²) in [5.41, 5.74) is 0.784. The van der Waals surface area contributed by atoms with Gasteiger partial charge in [0.05, 0.1) is 12.3 Å². The number of hydrogen-bond acceptors (Lipinski definition) is 4. The van der Waals surface area contributed by atoms with Gasteiger partial charge in [-0.3, -0.25) is 4.79 Å². The molecule has 1 heterocycles. The molecule has 0 aliphatic heterocycles. The summed E-state index contributed by atoms with van der Waals surface area (Å²) in [4.78, 5) is 22.6. The number of alkyl halides is 1. The number of aromatic nitrogens is 2. The first-order valence-corrected chi connectivity index (χ1v) is 5.55. The maximum Gasteiger partial charge on any atom is 0.357 e. The van der Waals surface area contributed by atoms with Crippen LogP contribution < -0.4 is 0 Å². The Hall–Kier alpha value is -1.17. The lowest BCUT2D eigenvalue weighted by atomic mass is 10.4. The van der Waals surface area contributed by atoms with Crippen molar-refractivity contribution in [2.24, 2.45) is 0 Å². The molecular weight excluding hydrogens is 264 g/mol. The quantitative estimate of drug-likeness (QED) is 0.621. The van der Waals surface area contributed by atoms with Gasteiger partial charge in [0.1, 0.15) is 0 Å². The zero-order valence-corrected chi connectivity index (χ0v) is 10.1. The van der Waals surface area contributed by atoms with E-state index < -0.39 is 5.97 Å². The Balaban J connectivity index is 3.09. The number of nitrogens with zero attached hydrogens (tertiary/aromatic N) is 2. The van der Waals surface area contributed by atoms with Crippen LogP contribution >= 0.6 is 15.9 Å². The van der Waals surface area contributed by atoms with Gasteiger partial charge in [-0.15, -0.1) is 0 Å². The summed E-state index contributed by atoms with van der Waals surface area (Å²) in [5, 5.41) is 4.44. The monoisotopic (exact) mass is 274 g/mol. The minimum absolute atomic E-state index is 0.166. The van der Waals surface area contributed by atoms with Crippen molar-refractivity contribution in [3.05, 3.63) is 17.5 Å². The fourth-order valence-electron chi connectivity index (χ4n) is 1.09. The highest BCUT2D eigenvalue weighted by Crippen LogP contribution is 2.09. The number of carbonyl (C=O) groups is 2. The number of halogens is 1. The molecule has 0 saturated heterocycles. The van der Waals surface area contributed by atoms with Gasteiger partial charge >= 0.3 is 5.97 Å². The molecule has 0 N–H and O–H groups in total. The van der Waals surface area contributed by atoms with Crippen molar-refractivity contribution in [1.29, 1.82) is 0 Å². The van der Waals surface area contributed by atoms with Crippen LogP contribution in [0.4, 0.5) is 0 Å². The van der Waals surface area contributed by atoms with Gasteiger partial charge in [-0.05, 0) is 13.0 Å².